The molecular formula is C12H19N3O3S. The van der Waals surface area contributed by atoms with Crippen LogP contribution in [0.1, 0.15) is 29.3 Å². The van der Waals surface area contributed by atoms with Gasteiger partial charge in [-0.05, 0) is 12.5 Å². The van der Waals surface area contributed by atoms with Crippen LogP contribution in [-0.2, 0) is 16.0 Å². The molecule has 0 aliphatic carbocycles. The number of thiazole rings is 1. The van der Waals surface area contributed by atoms with Gasteiger partial charge in [-0.2, -0.15) is 0 Å². The first-order chi connectivity index (χ1) is 8.99. The van der Waals surface area contributed by atoms with E-state index >= 15 is 0 Å². The van der Waals surface area contributed by atoms with Crippen LogP contribution in [0.15, 0.2) is 5.38 Å². The first-order valence-electron chi connectivity index (χ1n) is 6.02. The fourth-order valence-electron chi connectivity index (χ4n) is 1.49. The number of nitrogens with two attached hydrogens (primary N) is 1. The lowest BCUT2D eigenvalue weighted by atomic mass is 10.0. The average Bonchev–Trinajstić information content (AvgIpc) is 2.83. The van der Waals surface area contributed by atoms with Crippen LogP contribution in [-0.4, -0.2) is 36.6 Å². The Morgan fingerprint density at radius 1 is 1.53 bits per heavy atom. The van der Waals surface area contributed by atoms with Crippen molar-refractivity contribution in [3.05, 3.63) is 16.1 Å². The Morgan fingerprint density at radius 2 is 2.21 bits per heavy atom. The fourth-order valence-corrected chi connectivity index (χ4v) is 2.29. The monoisotopic (exact) mass is 285 g/mol. The number of hydrogen-bond acceptors (Lipinski definition) is 6. The smallest absolute Gasteiger partial charge is 0.328 e. The van der Waals surface area contributed by atoms with Crippen LogP contribution in [0.25, 0.3) is 0 Å². The van der Waals surface area contributed by atoms with Crippen molar-refractivity contribution >= 4 is 23.2 Å². The van der Waals surface area contributed by atoms with E-state index in [4.69, 9.17) is 5.73 Å². The predicted molar refractivity (Wildman–Crippen MR) is 73.0 cm³/mol. The summed E-state index contributed by atoms with van der Waals surface area (Å²) in [5, 5.41) is 5.11. The molecule has 1 amide bonds. The van der Waals surface area contributed by atoms with Gasteiger partial charge in [-0.3, -0.25) is 4.79 Å². The topological polar surface area (TPSA) is 94.3 Å². The molecule has 6 nitrogen and oxygen atoms in total. The normalized spacial score (nSPS) is 12.3. The van der Waals surface area contributed by atoms with Gasteiger partial charge in [0.15, 0.2) is 0 Å². The summed E-state index contributed by atoms with van der Waals surface area (Å²) >= 11 is 1.38. The number of methoxy groups -OCH3 is 1. The summed E-state index contributed by atoms with van der Waals surface area (Å²) in [6.45, 7) is 4.16. The minimum absolute atomic E-state index is 0.0569. The Balaban J connectivity index is 2.73. The average molecular weight is 285 g/mol. The molecule has 0 radical (unpaired) electrons. The number of carbonyl (C=O) groups excluding carboxylic acids is 2. The molecule has 0 saturated carbocycles. The van der Waals surface area contributed by atoms with Crippen molar-refractivity contribution in [2.45, 2.75) is 26.3 Å². The molecule has 1 unspecified atom stereocenters. The molecular weight excluding hydrogens is 266 g/mol. The summed E-state index contributed by atoms with van der Waals surface area (Å²) in [4.78, 5) is 27.7. The highest BCUT2D eigenvalue weighted by Gasteiger charge is 2.26. The molecule has 1 rings (SSSR count). The van der Waals surface area contributed by atoms with Gasteiger partial charge in [-0.15, -0.1) is 11.3 Å². The molecule has 7 heteroatoms. The van der Waals surface area contributed by atoms with E-state index in [1.54, 1.807) is 5.38 Å². The van der Waals surface area contributed by atoms with Crippen LogP contribution in [0.4, 0.5) is 0 Å². The van der Waals surface area contributed by atoms with E-state index in [2.05, 4.69) is 15.0 Å². The largest absolute Gasteiger partial charge is 0.467 e. The van der Waals surface area contributed by atoms with E-state index in [1.165, 1.54) is 18.4 Å². The zero-order valence-corrected chi connectivity index (χ0v) is 12.1. The number of amides is 1. The van der Waals surface area contributed by atoms with E-state index < -0.39 is 12.0 Å². The van der Waals surface area contributed by atoms with Crippen molar-refractivity contribution < 1.29 is 14.3 Å². The van der Waals surface area contributed by atoms with E-state index in [9.17, 15) is 9.59 Å². The third-order valence-electron chi connectivity index (χ3n) is 2.55. The number of nitrogens with zero attached hydrogens (tertiary/aromatic N) is 1. The Kier molecular flexibility index (Phi) is 5.91. The number of aromatic nitrogens is 1. The lowest BCUT2D eigenvalue weighted by Crippen LogP contribution is -2.45. The maximum atomic E-state index is 12.0. The summed E-state index contributed by atoms with van der Waals surface area (Å²) in [6, 6.07) is -0.669. The Labute approximate surface area is 116 Å². The minimum Gasteiger partial charge on any atom is -0.467 e. The first-order valence-corrected chi connectivity index (χ1v) is 6.90. The van der Waals surface area contributed by atoms with Crippen LogP contribution >= 0.6 is 11.3 Å². The van der Waals surface area contributed by atoms with E-state index in [1.807, 2.05) is 13.8 Å². The van der Waals surface area contributed by atoms with Crippen molar-refractivity contribution in [2.75, 3.05) is 13.7 Å². The SMILES string of the molecule is COC(=O)C(NC(=O)c1csc(CCN)n1)C(C)C. The fraction of sp³-hybridized carbons (Fsp3) is 0.583. The van der Waals surface area contributed by atoms with Gasteiger partial charge in [0, 0.05) is 11.8 Å². The highest BCUT2D eigenvalue weighted by Crippen LogP contribution is 2.11. The van der Waals surface area contributed by atoms with Gasteiger partial charge >= 0.3 is 5.97 Å². The van der Waals surface area contributed by atoms with Gasteiger partial charge < -0.3 is 15.8 Å². The molecule has 1 heterocycles. The summed E-state index contributed by atoms with van der Waals surface area (Å²) in [5.41, 5.74) is 5.74. The number of esters is 1. The van der Waals surface area contributed by atoms with Crippen molar-refractivity contribution in [1.82, 2.24) is 10.3 Å². The maximum absolute atomic E-state index is 12.0. The number of carbonyl (C=O) groups is 2. The third kappa shape index (κ3) is 4.29. The van der Waals surface area contributed by atoms with Gasteiger partial charge in [0.25, 0.3) is 5.91 Å². The van der Waals surface area contributed by atoms with Crippen molar-refractivity contribution in [3.63, 3.8) is 0 Å². The van der Waals surface area contributed by atoms with Crippen LogP contribution in [0.3, 0.4) is 0 Å². The van der Waals surface area contributed by atoms with Crippen molar-refractivity contribution in [2.24, 2.45) is 11.7 Å². The Hall–Kier alpha value is -1.47. The van der Waals surface area contributed by atoms with Gasteiger partial charge in [0.1, 0.15) is 11.7 Å². The molecule has 0 aliphatic heterocycles. The van der Waals surface area contributed by atoms with Crippen molar-refractivity contribution in [1.29, 1.82) is 0 Å². The zero-order valence-electron chi connectivity index (χ0n) is 11.3. The maximum Gasteiger partial charge on any atom is 0.328 e. The van der Waals surface area contributed by atoms with Gasteiger partial charge in [-0.25, -0.2) is 9.78 Å². The Bertz CT molecular complexity index is 445. The lowest BCUT2D eigenvalue weighted by molar-refractivity contribution is -0.144. The van der Waals surface area contributed by atoms with Crippen LogP contribution in [0.5, 0.6) is 0 Å². The quantitative estimate of drug-likeness (QED) is 0.745. The second-order valence-corrected chi connectivity index (χ2v) is 5.33. The highest BCUT2D eigenvalue weighted by molar-refractivity contribution is 7.09. The predicted octanol–water partition coefficient (Wildman–Crippen LogP) is 0.572. The number of hydrogen-bond donors (Lipinski definition) is 2. The summed E-state index contributed by atoms with van der Waals surface area (Å²) in [7, 11) is 1.30. The summed E-state index contributed by atoms with van der Waals surface area (Å²) < 4.78 is 4.67. The van der Waals surface area contributed by atoms with Crippen LogP contribution in [0.2, 0.25) is 0 Å². The number of ether oxygens (including phenoxy) is 1. The second-order valence-electron chi connectivity index (χ2n) is 4.38. The van der Waals surface area contributed by atoms with Crippen LogP contribution in [0, 0.1) is 5.92 Å². The van der Waals surface area contributed by atoms with Crippen LogP contribution < -0.4 is 11.1 Å². The minimum atomic E-state index is -0.669. The summed E-state index contributed by atoms with van der Waals surface area (Å²) in [6.07, 6.45) is 0.641. The molecule has 0 aromatic carbocycles. The molecule has 0 bridgehead atoms. The van der Waals surface area contributed by atoms with E-state index in [-0.39, 0.29) is 11.8 Å². The first kappa shape index (κ1) is 15.6. The molecule has 1 atom stereocenters. The standard InChI is InChI=1S/C12H19N3O3S/c1-7(2)10(12(17)18-3)15-11(16)8-6-19-9(14-8)4-5-13/h6-7,10H,4-5,13H2,1-3H3,(H,15,16). The molecule has 1 aromatic heterocycles. The third-order valence-corrected chi connectivity index (χ3v) is 3.46. The molecule has 1 aromatic rings. The second kappa shape index (κ2) is 7.20. The number of rotatable bonds is 6. The Morgan fingerprint density at radius 3 is 2.74 bits per heavy atom. The molecule has 106 valence electrons. The lowest BCUT2D eigenvalue weighted by Gasteiger charge is -2.19. The highest BCUT2D eigenvalue weighted by atomic mass is 32.1. The molecule has 0 aliphatic rings. The molecule has 0 fully saturated rings. The van der Waals surface area contributed by atoms with E-state index in [0.29, 0.717) is 18.7 Å². The van der Waals surface area contributed by atoms with Gasteiger partial charge in [0.05, 0.1) is 12.1 Å². The van der Waals surface area contributed by atoms with E-state index in [0.717, 1.165) is 5.01 Å². The van der Waals surface area contributed by atoms with Gasteiger partial charge in [-0.1, -0.05) is 13.8 Å². The molecule has 0 saturated heterocycles. The summed E-state index contributed by atoms with van der Waals surface area (Å²) in [5.74, 6) is -0.886. The zero-order chi connectivity index (χ0) is 14.4. The van der Waals surface area contributed by atoms with Crippen molar-refractivity contribution in [3.8, 4) is 0 Å². The number of nitrogens with one attached hydrogen (secondary N) is 1. The molecule has 19 heavy (non-hydrogen) atoms. The molecule has 0 spiro atoms. The van der Waals surface area contributed by atoms with Gasteiger partial charge in [0.2, 0.25) is 0 Å². The molecule has 3 N–H and O–H groups in total.